The minimum Gasteiger partial charge on any atom is -0.493 e. The Balaban J connectivity index is 1.52. The number of hydrogen-bond acceptors (Lipinski definition) is 6. The largest absolute Gasteiger partial charge is 0.493 e. The summed E-state index contributed by atoms with van der Waals surface area (Å²) in [6, 6.07) is 10.6. The van der Waals surface area contributed by atoms with Gasteiger partial charge in [0, 0.05) is 17.6 Å². The maximum absolute atomic E-state index is 14.4. The van der Waals surface area contributed by atoms with Gasteiger partial charge in [0.1, 0.15) is 11.6 Å². The van der Waals surface area contributed by atoms with Crippen LogP contribution in [-0.2, 0) is 10.6 Å². The van der Waals surface area contributed by atoms with Crippen LogP contribution in [0.2, 0.25) is 0 Å². The average molecular weight is 477 g/mol. The molecule has 6 nitrogen and oxygen atoms in total. The van der Waals surface area contributed by atoms with Crippen molar-refractivity contribution < 1.29 is 13.9 Å². The molecule has 1 unspecified atom stereocenters. The smallest absolute Gasteiger partial charge is 0.267 e. The molecule has 2 aliphatic rings. The first-order valence-electron chi connectivity index (χ1n) is 10.0. The van der Waals surface area contributed by atoms with E-state index in [0.29, 0.717) is 22.7 Å². The Bertz CT molecular complexity index is 933. The zero-order valence-corrected chi connectivity index (χ0v) is 18.7. The van der Waals surface area contributed by atoms with E-state index in [0.717, 1.165) is 42.9 Å². The van der Waals surface area contributed by atoms with Gasteiger partial charge in [-0.3, -0.25) is 0 Å². The molecule has 0 aliphatic carbocycles. The SMILES string of the molecule is COC1(Nc2ccc(Br)cc2F)N=CNc2cc(OCC3CCN(C)CC3)ccc21. The van der Waals surface area contributed by atoms with Gasteiger partial charge in [0.15, 0.2) is 0 Å². The van der Waals surface area contributed by atoms with E-state index in [9.17, 15) is 4.39 Å². The minimum absolute atomic E-state index is 0.299. The third-order valence-corrected chi connectivity index (χ3v) is 6.17. The second kappa shape index (κ2) is 8.91. The van der Waals surface area contributed by atoms with Gasteiger partial charge in [-0.2, -0.15) is 0 Å². The Labute approximate surface area is 184 Å². The van der Waals surface area contributed by atoms with Crippen LogP contribution in [0.5, 0.6) is 5.75 Å². The molecule has 0 spiro atoms. The van der Waals surface area contributed by atoms with E-state index in [4.69, 9.17) is 9.47 Å². The summed E-state index contributed by atoms with van der Waals surface area (Å²) in [4.78, 5) is 6.79. The Hall–Kier alpha value is -2.16. The number of halogens is 2. The molecule has 160 valence electrons. The van der Waals surface area contributed by atoms with Crippen molar-refractivity contribution in [3.63, 3.8) is 0 Å². The fraction of sp³-hybridized carbons (Fsp3) is 0.409. The van der Waals surface area contributed by atoms with Crippen molar-refractivity contribution >= 4 is 33.6 Å². The van der Waals surface area contributed by atoms with Gasteiger partial charge < -0.3 is 25.0 Å². The van der Waals surface area contributed by atoms with Crippen molar-refractivity contribution in [2.24, 2.45) is 10.9 Å². The van der Waals surface area contributed by atoms with E-state index in [1.54, 1.807) is 25.6 Å². The van der Waals surface area contributed by atoms with Crippen LogP contribution in [-0.4, -0.2) is 45.1 Å². The molecule has 4 rings (SSSR count). The summed E-state index contributed by atoms with van der Waals surface area (Å²) in [7, 11) is 3.70. The number of nitrogens with one attached hydrogen (secondary N) is 2. The Kier molecular flexibility index (Phi) is 6.26. The van der Waals surface area contributed by atoms with E-state index in [1.165, 1.54) is 6.07 Å². The number of fused-ring (bicyclic) bond motifs is 1. The van der Waals surface area contributed by atoms with E-state index in [-0.39, 0.29) is 0 Å². The summed E-state index contributed by atoms with van der Waals surface area (Å²) in [5, 5.41) is 6.25. The van der Waals surface area contributed by atoms with Crippen LogP contribution in [0, 0.1) is 11.7 Å². The quantitative estimate of drug-likeness (QED) is 0.595. The van der Waals surface area contributed by atoms with Crippen molar-refractivity contribution in [2.75, 3.05) is 44.5 Å². The van der Waals surface area contributed by atoms with Crippen LogP contribution < -0.4 is 15.4 Å². The number of methoxy groups -OCH3 is 1. The van der Waals surface area contributed by atoms with Crippen LogP contribution in [0.4, 0.5) is 15.8 Å². The molecule has 1 atom stereocenters. The Morgan fingerprint density at radius 2 is 2.07 bits per heavy atom. The molecule has 0 bridgehead atoms. The third kappa shape index (κ3) is 4.45. The van der Waals surface area contributed by atoms with E-state index >= 15 is 0 Å². The fourth-order valence-corrected chi connectivity index (χ4v) is 4.15. The summed E-state index contributed by atoms with van der Waals surface area (Å²) in [6.45, 7) is 2.94. The molecule has 0 amide bonds. The molecule has 1 fully saturated rings. The molecule has 2 aliphatic heterocycles. The van der Waals surface area contributed by atoms with Crippen LogP contribution in [0.3, 0.4) is 0 Å². The van der Waals surface area contributed by atoms with Crippen molar-refractivity contribution in [1.82, 2.24) is 4.90 Å². The van der Waals surface area contributed by atoms with Crippen molar-refractivity contribution in [2.45, 2.75) is 18.7 Å². The molecule has 2 aromatic rings. The van der Waals surface area contributed by atoms with Crippen LogP contribution in [0.15, 0.2) is 45.9 Å². The van der Waals surface area contributed by atoms with E-state index < -0.39 is 11.7 Å². The number of anilines is 2. The monoisotopic (exact) mass is 476 g/mol. The molecule has 30 heavy (non-hydrogen) atoms. The molecule has 2 aromatic carbocycles. The van der Waals surface area contributed by atoms with Gasteiger partial charge >= 0.3 is 0 Å². The summed E-state index contributed by atoms with van der Waals surface area (Å²) < 4.78 is 26.9. The van der Waals surface area contributed by atoms with Gasteiger partial charge in [-0.05, 0) is 69.2 Å². The average Bonchev–Trinajstić information content (AvgIpc) is 2.75. The standard InChI is InChI=1S/C22H26BrFN4O2/c1-28-9-7-15(8-10-28)13-30-17-4-5-18-21(12-17)25-14-26-22(18,29-2)27-20-6-3-16(23)11-19(20)24/h3-6,11-12,14-15,27H,7-10,13H2,1-2H3,(H,25,26). The highest BCUT2D eigenvalue weighted by Crippen LogP contribution is 2.38. The van der Waals surface area contributed by atoms with Gasteiger partial charge in [0.05, 0.1) is 29.9 Å². The first-order chi connectivity index (χ1) is 14.5. The number of piperidine rings is 1. The summed E-state index contributed by atoms with van der Waals surface area (Å²) in [5.41, 5.74) is 1.85. The van der Waals surface area contributed by atoms with Crippen LogP contribution in [0.1, 0.15) is 18.4 Å². The minimum atomic E-state index is -1.23. The highest BCUT2D eigenvalue weighted by Gasteiger charge is 2.37. The van der Waals surface area contributed by atoms with Crippen molar-refractivity contribution in [3.8, 4) is 5.75 Å². The van der Waals surface area contributed by atoms with Gasteiger partial charge in [-0.15, -0.1) is 0 Å². The molecule has 0 radical (unpaired) electrons. The molecule has 2 N–H and O–H groups in total. The number of rotatable bonds is 6. The first kappa shape index (κ1) is 21.1. The van der Waals surface area contributed by atoms with E-state index in [2.05, 4.69) is 43.5 Å². The molecule has 2 heterocycles. The fourth-order valence-electron chi connectivity index (χ4n) is 3.82. The number of aliphatic imine (C=N–C) groups is 1. The third-order valence-electron chi connectivity index (χ3n) is 5.68. The maximum atomic E-state index is 14.4. The first-order valence-corrected chi connectivity index (χ1v) is 10.8. The number of ether oxygens (including phenoxy) is 2. The summed E-state index contributed by atoms with van der Waals surface area (Å²) >= 11 is 3.28. The van der Waals surface area contributed by atoms with Crippen molar-refractivity contribution in [3.05, 3.63) is 52.3 Å². The number of likely N-dealkylation sites (tertiary alicyclic amines) is 1. The van der Waals surface area contributed by atoms with Gasteiger partial charge in [0.2, 0.25) is 0 Å². The Morgan fingerprint density at radius 1 is 1.27 bits per heavy atom. The van der Waals surface area contributed by atoms with Gasteiger partial charge in [-0.25, -0.2) is 9.38 Å². The van der Waals surface area contributed by atoms with Crippen molar-refractivity contribution in [1.29, 1.82) is 0 Å². The molecule has 0 aromatic heterocycles. The second-order valence-electron chi connectivity index (χ2n) is 7.76. The molecular weight excluding hydrogens is 451 g/mol. The molecule has 8 heteroatoms. The molecule has 0 saturated carbocycles. The summed E-state index contributed by atoms with van der Waals surface area (Å²) in [6.07, 6.45) is 3.86. The normalized spacial score (nSPS) is 21.7. The lowest BCUT2D eigenvalue weighted by Gasteiger charge is -2.34. The summed E-state index contributed by atoms with van der Waals surface area (Å²) in [5.74, 6) is -0.266. The van der Waals surface area contributed by atoms with Crippen LogP contribution >= 0.6 is 15.9 Å². The number of benzene rings is 2. The number of hydrogen-bond donors (Lipinski definition) is 2. The topological polar surface area (TPSA) is 58.1 Å². The zero-order chi connectivity index (χ0) is 21.1. The maximum Gasteiger partial charge on any atom is 0.267 e. The second-order valence-corrected chi connectivity index (χ2v) is 8.68. The Morgan fingerprint density at radius 3 is 2.80 bits per heavy atom. The van der Waals surface area contributed by atoms with Gasteiger partial charge in [-0.1, -0.05) is 15.9 Å². The predicted molar refractivity (Wildman–Crippen MR) is 121 cm³/mol. The number of nitrogens with zero attached hydrogens (tertiary/aromatic N) is 2. The lowest BCUT2D eigenvalue weighted by atomic mass is 9.98. The molecule has 1 saturated heterocycles. The highest BCUT2D eigenvalue weighted by atomic mass is 79.9. The van der Waals surface area contributed by atoms with E-state index in [1.807, 2.05) is 18.2 Å². The molecular formula is C22H26BrFN4O2. The predicted octanol–water partition coefficient (Wildman–Crippen LogP) is 4.63. The highest BCUT2D eigenvalue weighted by molar-refractivity contribution is 9.10. The van der Waals surface area contributed by atoms with Crippen LogP contribution in [0.25, 0.3) is 0 Å². The lowest BCUT2D eigenvalue weighted by molar-refractivity contribution is 0.0188. The zero-order valence-electron chi connectivity index (χ0n) is 17.1. The lowest BCUT2D eigenvalue weighted by Crippen LogP contribution is -2.39. The van der Waals surface area contributed by atoms with Gasteiger partial charge in [0.25, 0.3) is 5.85 Å².